The maximum Gasteiger partial charge on any atom is 0.119 e. The Kier molecular flexibility index (Phi) is 5.47. The molecule has 0 aromatic heterocycles. The summed E-state index contributed by atoms with van der Waals surface area (Å²) in [7, 11) is 0. The number of ether oxygens (including phenoxy) is 1. The fourth-order valence-corrected chi connectivity index (χ4v) is 2.54. The molecule has 2 aromatic rings. The van der Waals surface area contributed by atoms with Crippen LogP contribution in [-0.4, -0.2) is 12.9 Å². The van der Waals surface area contributed by atoms with Gasteiger partial charge in [0.2, 0.25) is 0 Å². The Morgan fingerprint density at radius 1 is 1.15 bits per heavy atom. The van der Waals surface area contributed by atoms with Gasteiger partial charge < -0.3 is 4.74 Å². The van der Waals surface area contributed by atoms with Crippen molar-refractivity contribution in [2.24, 2.45) is 5.84 Å². The number of nitrogens with two attached hydrogens (primary N) is 1. The van der Waals surface area contributed by atoms with Crippen molar-refractivity contribution in [3.63, 3.8) is 0 Å². The summed E-state index contributed by atoms with van der Waals surface area (Å²) in [5.74, 6) is 6.60. The molecule has 1 unspecified atom stereocenters. The molecule has 20 heavy (non-hydrogen) atoms. The van der Waals surface area contributed by atoms with E-state index in [0.717, 1.165) is 16.9 Å². The lowest BCUT2D eigenvalue weighted by Crippen LogP contribution is -2.28. The minimum atomic E-state index is -0.0358. The van der Waals surface area contributed by atoms with Crippen LogP contribution in [0.1, 0.15) is 24.1 Å². The van der Waals surface area contributed by atoms with Gasteiger partial charge in [0.1, 0.15) is 5.75 Å². The second kappa shape index (κ2) is 7.33. The first-order valence-electron chi connectivity index (χ1n) is 6.61. The average Bonchev–Trinajstić information content (AvgIpc) is 2.49. The molecule has 0 radical (unpaired) electrons. The number of hydrogen-bond acceptors (Lipinski definition) is 4. The van der Waals surface area contributed by atoms with E-state index in [2.05, 4.69) is 42.0 Å². The summed E-state index contributed by atoms with van der Waals surface area (Å²) in [6.45, 7) is 2.64. The monoisotopic (exact) mass is 288 g/mol. The molecule has 3 N–H and O–H groups in total. The molecule has 0 heterocycles. The van der Waals surface area contributed by atoms with Gasteiger partial charge in [0.05, 0.1) is 12.6 Å². The number of thioether (sulfide) groups is 1. The lowest BCUT2D eigenvalue weighted by Gasteiger charge is -2.18. The zero-order chi connectivity index (χ0) is 14.4. The number of rotatable bonds is 6. The molecule has 0 aliphatic rings. The fourth-order valence-electron chi connectivity index (χ4n) is 2.13. The molecule has 106 valence electrons. The highest BCUT2D eigenvalue weighted by atomic mass is 32.2. The Morgan fingerprint density at radius 3 is 2.50 bits per heavy atom. The van der Waals surface area contributed by atoms with Crippen LogP contribution >= 0.6 is 11.8 Å². The van der Waals surface area contributed by atoms with Crippen LogP contribution in [-0.2, 0) is 0 Å². The zero-order valence-electron chi connectivity index (χ0n) is 11.8. The maximum atomic E-state index is 5.74. The van der Waals surface area contributed by atoms with Crippen LogP contribution in [0.15, 0.2) is 53.4 Å². The first-order valence-corrected chi connectivity index (χ1v) is 7.83. The van der Waals surface area contributed by atoms with Crippen molar-refractivity contribution in [2.45, 2.75) is 17.9 Å². The van der Waals surface area contributed by atoms with E-state index in [1.165, 1.54) is 4.90 Å². The van der Waals surface area contributed by atoms with E-state index in [1.54, 1.807) is 11.8 Å². The van der Waals surface area contributed by atoms with Crippen LogP contribution in [0.25, 0.3) is 0 Å². The summed E-state index contributed by atoms with van der Waals surface area (Å²) < 4.78 is 5.54. The molecule has 0 saturated heterocycles. The Labute approximate surface area is 124 Å². The average molecular weight is 288 g/mol. The zero-order valence-corrected chi connectivity index (χ0v) is 12.6. The second-order valence-electron chi connectivity index (χ2n) is 4.38. The Morgan fingerprint density at radius 2 is 1.90 bits per heavy atom. The summed E-state index contributed by atoms with van der Waals surface area (Å²) >= 11 is 1.73. The molecule has 2 rings (SSSR count). The predicted molar refractivity (Wildman–Crippen MR) is 85.0 cm³/mol. The first kappa shape index (κ1) is 14.9. The third-order valence-corrected chi connectivity index (χ3v) is 3.86. The highest BCUT2D eigenvalue weighted by Gasteiger charge is 2.13. The summed E-state index contributed by atoms with van der Waals surface area (Å²) in [5, 5.41) is 0. The van der Waals surface area contributed by atoms with E-state index in [0.29, 0.717) is 6.61 Å². The molecule has 3 nitrogen and oxygen atoms in total. The molecule has 4 heteroatoms. The molecule has 0 aliphatic carbocycles. The van der Waals surface area contributed by atoms with Crippen molar-refractivity contribution < 1.29 is 4.74 Å². The summed E-state index contributed by atoms with van der Waals surface area (Å²) in [4.78, 5) is 1.24. The van der Waals surface area contributed by atoms with Crippen LogP contribution in [0.4, 0.5) is 0 Å². The topological polar surface area (TPSA) is 47.3 Å². The second-order valence-corrected chi connectivity index (χ2v) is 5.26. The predicted octanol–water partition coefficient (Wildman–Crippen LogP) is 3.36. The number of benzene rings is 2. The third-order valence-electron chi connectivity index (χ3n) is 3.12. The summed E-state index contributed by atoms with van der Waals surface area (Å²) in [5.41, 5.74) is 5.11. The van der Waals surface area contributed by atoms with Gasteiger partial charge in [0, 0.05) is 4.90 Å². The SMILES string of the molecule is CCOc1cccc(C(NN)c2ccc(SC)cc2)c1. The molecule has 0 aliphatic heterocycles. The molecule has 0 fully saturated rings. The minimum Gasteiger partial charge on any atom is -0.494 e. The number of hydrogen-bond donors (Lipinski definition) is 2. The molecule has 2 aromatic carbocycles. The van der Waals surface area contributed by atoms with Crippen LogP contribution in [0.5, 0.6) is 5.75 Å². The lowest BCUT2D eigenvalue weighted by atomic mass is 9.99. The fraction of sp³-hybridized carbons (Fsp3) is 0.250. The standard InChI is InChI=1S/C16H20N2OS/c1-3-19-14-6-4-5-13(11-14)16(18-17)12-7-9-15(20-2)10-8-12/h4-11,16,18H,3,17H2,1-2H3. The Hall–Kier alpha value is -1.49. The summed E-state index contributed by atoms with van der Waals surface area (Å²) in [6.07, 6.45) is 2.07. The summed E-state index contributed by atoms with van der Waals surface area (Å²) in [6, 6.07) is 16.4. The highest BCUT2D eigenvalue weighted by Crippen LogP contribution is 2.26. The van der Waals surface area contributed by atoms with E-state index < -0.39 is 0 Å². The van der Waals surface area contributed by atoms with E-state index >= 15 is 0 Å². The molecule has 0 amide bonds. The minimum absolute atomic E-state index is 0.0358. The van der Waals surface area contributed by atoms with Crippen molar-refractivity contribution in [1.82, 2.24) is 5.43 Å². The van der Waals surface area contributed by atoms with Gasteiger partial charge in [-0.3, -0.25) is 5.84 Å². The highest BCUT2D eigenvalue weighted by molar-refractivity contribution is 7.98. The van der Waals surface area contributed by atoms with Crippen molar-refractivity contribution >= 4 is 11.8 Å². The van der Waals surface area contributed by atoms with Crippen LogP contribution in [0.2, 0.25) is 0 Å². The van der Waals surface area contributed by atoms with Crippen molar-refractivity contribution in [1.29, 1.82) is 0 Å². The van der Waals surface area contributed by atoms with Gasteiger partial charge in [-0.05, 0) is 48.6 Å². The van der Waals surface area contributed by atoms with Gasteiger partial charge in [0.25, 0.3) is 0 Å². The van der Waals surface area contributed by atoms with Gasteiger partial charge in [-0.1, -0.05) is 24.3 Å². The molecule has 0 saturated carbocycles. The largest absolute Gasteiger partial charge is 0.494 e. The van der Waals surface area contributed by atoms with Gasteiger partial charge >= 0.3 is 0 Å². The van der Waals surface area contributed by atoms with Crippen LogP contribution in [0, 0.1) is 0 Å². The normalized spacial score (nSPS) is 12.2. The number of nitrogens with one attached hydrogen (secondary N) is 1. The maximum absolute atomic E-state index is 5.74. The quantitative estimate of drug-likeness (QED) is 0.486. The van der Waals surface area contributed by atoms with E-state index in [1.807, 2.05) is 25.1 Å². The van der Waals surface area contributed by atoms with E-state index in [-0.39, 0.29) is 6.04 Å². The molecular weight excluding hydrogens is 268 g/mol. The lowest BCUT2D eigenvalue weighted by molar-refractivity contribution is 0.339. The van der Waals surface area contributed by atoms with E-state index in [9.17, 15) is 0 Å². The van der Waals surface area contributed by atoms with Gasteiger partial charge in [-0.15, -0.1) is 11.8 Å². The Bertz CT molecular complexity index is 542. The number of hydrazine groups is 1. The van der Waals surface area contributed by atoms with Gasteiger partial charge in [-0.25, -0.2) is 5.43 Å². The Balaban J connectivity index is 2.28. The van der Waals surface area contributed by atoms with Crippen LogP contribution in [0.3, 0.4) is 0 Å². The smallest absolute Gasteiger partial charge is 0.119 e. The van der Waals surface area contributed by atoms with Gasteiger partial charge in [-0.2, -0.15) is 0 Å². The van der Waals surface area contributed by atoms with Gasteiger partial charge in [0.15, 0.2) is 0 Å². The van der Waals surface area contributed by atoms with Crippen molar-refractivity contribution in [3.8, 4) is 5.75 Å². The third kappa shape index (κ3) is 3.54. The van der Waals surface area contributed by atoms with Crippen molar-refractivity contribution in [3.05, 3.63) is 59.7 Å². The van der Waals surface area contributed by atoms with Crippen molar-refractivity contribution in [2.75, 3.05) is 12.9 Å². The molecule has 0 spiro atoms. The van der Waals surface area contributed by atoms with Crippen LogP contribution < -0.4 is 16.0 Å². The molecule has 0 bridgehead atoms. The molecule has 1 atom stereocenters. The first-order chi connectivity index (χ1) is 9.78. The molecular formula is C16H20N2OS. The van der Waals surface area contributed by atoms with E-state index in [4.69, 9.17) is 10.6 Å².